The lowest BCUT2D eigenvalue weighted by Gasteiger charge is -2.20. The first-order valence-corrected chi connectivity index (χ1v) is 5.58. The molecule has 90 valence electrons. The quantitative estimate of drug-likeness (QED) is 0.873. The van der Waals surface area contributed by atoms with Crippen molar-refractivity contribution < 1.29 is 0 Å². The van der Waals surface area contributed by atoms with E-state index < -0.39 is 0 Å². The van der Waals surface area contributed by atoms with Gasteiger partial charge in [0.2, 0.25) is 0 Å². The minimum atomic E-state index is 0.467. The highest BCUT2D eigenvalue weighted by atomic mass is 15.2. The Labute approximate surface area is 106 Å². The Morgan fingerprint density at radius 1 is 1.33 bits per heavy atom. The molecule has 18 heavy (non-hydrogen) atoms. The molecule has 0 aliphatic heterocycles. The van der Waals surface area contributed by atoms with Gasteiger partial charge in [0.05, 0.1) is 11.3 Å². The van der Waals surface area contributed by atoms with Crippen LogP contribution in [-0.2, 0) is 0 Å². The number of nitrogens with zero attached hydrogens (tertiary/aromatic N) is 3. The third-order valence-electron chi connectivity index (χ3n) is 2.73. The second kappa shape index (κ2) is 4.76. The summed E-state index contributed by atoms with van der Waals surface area (Å²) < 4.78 is 0. The smallest absolute Gasteiger partial charge is 0.156 e. The SMILES string of the molecule is Cc1cccc(N(C)c2ncc(C#N)cc2N)c1. The summed E-state index contributed by atoms with van der Waals surface area (Å²) in [6.07, 6.45) is 1.53. The Bertz CT molecular complexity index is 613. The minimum absolute atomic E-state index is 0.467. The number of benzene rings is 1. The number of rotatable bonds is 2. The van der Waals surface area contributed by atoms with E-state index in [4.69, 9.17) is 11.0 Å². The van der Waals surface area contributed by atoms with Crippen LogP contribution in [0.25, 0.3) is 0 Å². The summed E-state index contributed by atoms with van der Waals surface area (Å²) in [5, 5.41) is 8.79. The van der Waals surface area contributed by atoms with Crippen molar-refractivity contribution in [1.29, 1.82) is 5.26 Å². The number of anilines is 3. The summed E-state index contributed by atoms with van der Waals surface area (Å²) in [6.45, 7) is 2.03. The first-order valence-electron chi connectivity index (χ1n) is 5.58. The van der Waals surface area contributed by atoms with E-state index in [1.165, 1.54) is 11.8 Å². The van der Waals surface area contributed by atoms with Crippen LogP contribution in [0.5, 0.6) is 0 Å². The lowest BCUT2D eigenvalue weighted by Crippen LogP contribution is -2.13. The van der Waals surface area contributed by atoms with E-state index in [9.17, 15) is 0 Å². The third kappa shape index (κ3) is 2.25. The molecule has 0 fully saturated rings. The molecular weight excluding hydrogens is 224 g/mol. The van der Waals surface area contributed by atoms with Gasteiger partial charge in [-0.3, -0.25) is 0 Å². The zero-order valence-electron chi connectivity index (χ0n) is 10.4. The number of hydrogen-bond acceptors (Lipinski definition) is 4. The van der Waals surface area contributed by atoms with Crippen LogP contribution in [0.1, 0.15) is 11.1 Å². The molecule has 0 aliphatic rings. The van der Waals surface area contributed by atoms with Gasteiger partial charge in [-0.05, 0) is 30.7 Å². The van der Waals surface area contributed by atoms with E-state index in [0.717, 1.165) is 5.69 Å². The lowest BCUT2D eigenvalue weighted by molar-refractivity contribution is 1.12. The average Bonchev–Trinajstić information content (AvgIpc) is 2.37. The predicted molar refractivity (Wildman–Crippen MR) is 72.6 cm³/mol. The second-order valence-corrected chi connectivity index (χ2v) is 4.15. The van der Waals surface area contributed by atoms with Crippen LogP contribution in [0.15, 0.2) is 36.5 Å². The fourth-order valence-electron chi connectivity index (χ4n) is 1.77. The standard InChI is InChI=1S/C14H14N4/c1-10-4-3-5-12(6-10)18(2)14-13(16)7-11(8-15)9-17-14/h3-7,9H,16H2,1-2H3. The van der Waals surface area contributed by atoms with Crippen LogP contribution < -0.4 is 10.6 Å². The van der Waals surface area contributed by atoms with Gasteiger partial charge in [-0.2, -0.15) is 5.26 Å². The fourth-order valence-corrected chi connectivity index (χ4v) is 1.77. The van der Waals surface area contributed by atoms with Crippen molar-refractivity contribution in [1.82, 2.24) is 4.98 Å². The van der Waals surface area contributed by atoms with E-state index >= 15 is 0 Å². The first kappa shape index (κ1) is 11.9. The molecule has 2 N–H and O–H groups in total. The van der Waals surface area contributed by atoms with Gasteiger partial charge in [0.15, 0.2) is 5.82 Å². The van der Waals surface area contributed by atoms with Crippen molar-refractivity contribution in [2.45, 2.75) is 6.92 Å². The number of nitrogens with two attached hydrogens (primary N) is 1. The molecule has 1 heterocycles. The molecule has 0 aliphatic carbocycles. The molecule has 4 nitrogen and oxygen atoms in total. The molecule has 0 atom stereocenters. The van der Waals surface area contributed by atoms with Gasteiger partial charge in [0.25, 0.3) is 0 Å². The van der Waals surface area contributed by atoms with Crippen molar-refractivity contribution in [3.8, 4) is 6.07 Å². The fraction of sp³-hybridized carbons (Fsp3) is 0.143. The number of hydrogen-bond donors (Lipinski definition) is 1. The van der Waals surface area contributed by atoms with Gasteiger partial charge >= 0.3 is 0 Å². The van der Waals surface area contributed by atoms with Crippen LogP contribution in [0.3, 0.4) is 0 Å². The summed E-state index contributed by atoms with van der Waals surface area (Å²) in [4.78, 5) is 6.14. The highest BCUT2D eigenvalue weighted by Gasteiger charge is 2.09. The van der Waals surface area contributed by atoms with E-state index in [2.05, 4.69) is 11.1 Å². The molecule has 0 radical (unpaired) electrons. The molecule has 2 aromatic rings. The highest BCUT2D eigenvalue weighted by molar-refractivity contribution is 5.71. The molecule has 1 aromatic carbocycles. The molecular formula is C14H14N4. The highest BCUT2D eigenvalue weighted by Crippen LogP contribution is 2.27. The summed E-state index contributed by atoms with van der Waals surface area (Å²) in [6, 6.07) is 11.7. The third-order valence-corrected chi connectivity index (χ3v) is 2.73. The Morgan fingerprint density at radius 3 is 2.72 bits per heavy atom. The summed E-state index contributed by atoms with van der Waals surface area (Å²) in [5.74, 6) is 0.652. The Balaban J connectivity index is 2.40. The molecule has 0 unspecified atom stereocenters. The molecule has 0 saturated heterocycles. The van der Waals surface area contributed by atoms with E-state index in [0.29, 0.717) is 17.1 Å². The molecule has 0 saturated carbocycles. The normalized spacial score (nSPS) is 9.83. The molecule has 0 spiro atoms. The number of nitriles is 1. The van der Waals surface area contributed by atoms with Gasteiger partial charge < -0.3 is 10.6 Å². The predicted octanol–water partition coefficient (Wildman–Crippen LogP) is 2.61. The maximum atomic E-state index is 8.79. The average molecular weight is 238 g/mol. The summed E-state index contributed by atoms with van der Waals surface area (Å²) in [5.41, 5.74) is 9.07. The largest absolute Gasteiger partial charge is 0.396 e. The number of aromatic nitrogens is 1. The van der Waals surface area contributed by atoms with Gasteiger partial charge in [-0.1, -0.05) is 12.1 Å². The van der Waals surface area contributed by atoms with Crippen molar-refractivity contribution in [2.75, 3.05) is 17.7 Å². The van der Waals surface area contributed by atoms with Gasteiger partial charge in [0.1, 0.15) is 6.07 Å². The van der Waals surface area contributed by atoms with Gasteiger partial charge in [-0.25, -0.2) is 4.98 Å². The van der Waals surface area contributed by atoms with Crippen molar-refractivity contribution >= 4 is 17.2 Å². The molecule has 1 aromatic heterocycles. The maximum Gasteiger partial charge on any atom is 0.156 e. The van der Waals surface area contributed by atoms with Crippen LogP contribution in [0, 0.1) is 18.3 Å². The Hall–Kier alpha value is -2.54. The lowest BCUT2D eigenvalue weighted by atomic mass is 10.2. The molecule has 0 amide bonds. The second-order valence-electron chi connectivity index (χ2n) is 4.15. The number of aryl methyl sites for hydroxylation is 1. The van der Waals surface area contributed by atoms with E-state index in [1.807, 2.05) is 43.1 Å². The zero-order valence-corrected chi connectivity index (χ0v) is 10.4. The van der Waals surface area contributed by atoms with Crippen molar-refractivity contribution in [3.05, 3.63) is 47.7 Å². The summed E-state index contributed by atoms with van der Waals surface area (Å²) in [7, 11) is 1.90. The number of nitrogen functional groups attached to an aromatic ring is 1. The molecule has 0 bridgehead atoms. The van der Waals surface area contributed by atoms with Crippen LogP contribution in [-0.4, -0.2) is 12.0 Å². The topological polar surface area (TPSA) is 65.9 Å². The van der Waals surface area contributed by atoms with E-state index in [1.54, 1.807) is 6.07 Å². The summed E-state index contributed by atoms with van der Waals surface area (Å²) >= 11 is 0. The molecule has 2 rings (SSSR count). The minimum Gasteiger partial charge on any atom is -0.396 e. The first-order chi connectivity index (χ1) is 8.61. The van der Waals surface area contributed by atoms with Crippen molar-refractivity contribution in [3.63, 3.8) is 0 Å². The monoisotopic (exact) mass is 238 g/mol. The van der Waals surface area contributed by atoms with Gasteiger partial charge in [0, 0.05) is 18.9 Å². The maximum absolute atomic E-state index is 8.79. The van der Waals surface area contributed by atoms with E-state index in [-0.39, 0.29) is 0 Å². The zero-order chi connectivity index (χ0) is 13.1. The van der Waals surface area contributed by atoms with Crippen LogP contribution in [0.2, 0.25) is 0 Å². The Kier molecular flexibility index (Phi) is 3.16. The van der Waals surface area contributed by atoms with Crippen LogP contribution >= 0.6 is 0 Å². The van der Waals surface area contributed by atoms with Crippen LogP contribution in [0.4, 0.5) is 17.2 Å². The van der Waals surface area contributed by atoms with Crippen molar-refractivity contribution in [2.24, 2.45) is 0 Å². The van der Waals surface area contributed by atoms with Gasteiger partial charge in [-0.15, -0.1) is 0 Å². The molecule has 4 heteroatoms. The number of pyridine rings is 1. The Morgan fingerprint density at radius 2 is 2.11 bits per heavy atom.